The lowest BCUT2D eigenvalue weighted by molar-refractivity contribution is 0.0917. The fourth-order valence-corrected chi connectivity index (χ4v) is 4.13. The SMILES string of the molecule is O=C(N[C@@H]1CCCC2c3cc(Cl)ccc3NC21)c1ccccc1F. The van der Waals surface area contributed by atoms with Crippen LogP contribution in [0.15, 0.2) is 42.5 Å². The lowest BCUT2D eigenvalue weighted by Gasteiger charge is -2.34. The van der Waals surface area contributed by atoms with Crippen LogP contribution in [0, 0.1) is 5.82 Å². The summed E-state index contributed by atoms with van der Waals surface area (Å²) in [4.78, 5) is 12.4. The molecule has 2 aromatic rings. The zero-order valence-electron chi connectivity index (χ0n) is 13.1. The quantitative estimate of drug-likeness (QED) is 0.851. The maximum absolute atomic E-state index is 13.8. The smallest absolute Gasteiger partial charge is 0.254 e. The highest BCUT2D eigenvalue weighted by Crippen LogP contribution is 2.44. The average molecular weight is 345 g/mol. The third-order valence-corrected chi connectivity index (χ3v) is 5.30. The van der Waals surface area contributed by atoms with Crippen LogP contribution in [-0.4, -0.2) is 18.0 Å². The summed E-state index contributed by atoms with van der Waals surface area (Å²) in [6.45, 7) is 0. The van der Waals surface area contributed by atoms with E-state index in [0.29, 0.717) is 5.92 Å². The number of anilines is 1. The van der Waals surface area contributed by atoms with Gasteiger partial charge in [0.05, 0.1) is 11.6 Å². The number of carbonyl (C=O) groups is 1. The van der Waals surface area contributed by atoms with E-state index in [-0.39, 0.29) is 23.6 Å². The molecule has 3 nitrogen and oxygen atoms in total. The molecule has 2 N–H and O–H groups in total. The summed E-state index contributed by atoms with van der Waals surface area (Å²) in [5.74, 6) is -0.510. The van der Waals surface area contributed by atoms with Crippen molar-refractivity contribution in [2.75, 3.05) is 5.32 Å². The molecule has 1 fully saturated rings. The number of amides is 1. The maximum Gasteiger partial charge on any atom is 0.254 e. The Morgan fingerprint density at radius 1 is 1.21 bits per heavy atom. The third kappa shape index (κ3) is 2.65. The summed E-state index contributed by atoms with van der Waals surface area (Å²) < 4.78 is 13.8. The number of hydrogen-bond donors (Lipinski definition) is 2. The second-order valence-corrected chi connectivity index (χ2v) is 6.94. The van der Waals surface area contributed by atoms with E-state index in [9.17, 15) is 9.18 Å². The number of carbonyl (C=O) groups excluding carboxylic acids is 1. The highest BCUT2D eigenvalue weighted by Gasteiger charge is 2.40. The minimum Gasteiger partial charge on any atom is -0.379 e. The summed E-state index contributed by atoms with van der Waals surface area (Å²) >= 11 is 6.13. The largest absolute Gasteiger partial charge is 0.379 e. The van der Waals surface area contributed by atoms with Crippen molar-refractivity contribution in [1.29, 1.82) is 0 Å². The Bertz CT molecular complexity index is 795. The van der Waals surface area contributed by atoms with E-state index < -0.39 is 5.82 Å². The van der Waals surface area contributed by atoms with Gasteiger partial charge in [0.15, 0.2) is 0 Å². The van der Waals surface area contributed by atoms with Crippen molar-refractivity contribution < 1.29 is 9.18 Å². The van der Waals surface area contributed by atoms with Crippen LogP contribution < -0.4 is 10.6 Å². The molecule has 2 aliphatic rings. The van der Waals surface area contributed by atoms with Crippen LogP contribution in [-0.2, 0) is 0 Å². The van der Waals surface area contributed by atoms with Crippen LogP contribution in [0.2, 0.25) is 5.02 Å². The topological polar surface area (TPSA) is 41.1 Å². The van der Waals surface area contributed by atoms with Gasteiger partial charge in [-0.3, -0.25) is 4.79 Å². The molecule has 0 saturated heterocycles. The summed E-state index contributed by atoms with van der Waals surface area (Å²) in [5.41, 5.74) is 2.40. The number of nitrogens with one attached hydrogen (secondary N) is 2. The molecular weight excluding hydrogens is 327 g/mol. The molecule has 2 unspecified atom stereocenters. The minimum atomic E-state index is -0.489. The molecule has 4 rings (SSSR count). The molecule has 1 aliphatic carbocycles. The van der Waals surface area contributed by atoms with Gasteiger partial charge in [-0.25, -0.2) is 4.39 Å². The molecule has 0 spiro atoms. The van der Waals surface area contributed by atoms with E-state index in [1.807, 2.05) is 18.2 Å². The molecule has 1 saturated carbocycles. The fraction of sp³-hybridized carbons (Fsp3) is 0.316. The molecule has 1 heterocycles. The molecule has 0 aromatic heterocycles. The van der Waals surface area contributed by atoms with Gasteiger partial charge >= 0.3 is 0 Å². The zero-order valence-corrected chi connectivity index (χ0v) is 13.8. The van der Waals surface area contributed by atoms with Crippen LogP contribution in [0.4, 0.5) is 10.1 Å². The summed E-state index contributed by atoms with van der Waals surface area (Å²) in [6.07, 6.45) is 2.98. The second-order valence-electron chi connectivity index (χ2n) is 6.50. The Labute approximate surface area is 145 Å². The summed E-state index contributed by atoms with van der Waals surface area (Å²) in [6, 6.07) is 12.1. The van der Waals surface area contributed by atoms with Gasteiger partial charge in [0.2, 0.25) is 0 Å². The molecule has 1 amide bonds. The number of rotatable bonds is 2. The summed E-state index contributed by atoms with van der Waals surface area (Å²) in [7, 11) is 0. The highest BCUT2D eigenvalue weighted by molar-refractivity contribution is 6.30. The normalized spacial score (nSPS) is 24.7. The van der Waals surface area contributed by atoms with Crippen molar-refractivity contribution in [2.24, 2.45) is 0 Å². The first-order valence-corrected chi connectivity index (χ1v) is 8.62. The van der Waals surface area contributed by atoms with E-state index in [4.69, 9.17) is 11.6 Å². The van der Waals surface area contributed by atoms with Crippen molar-refractivity contribution in [3.8, 4) is 0 Å². The molecule has 0 bridgehead atoms. The first kappa shape index (κ1) is 15.5. The van der Waals surface area contributed by atoms with Crippen LogP contribution in [0.25, 0.3) is 0 Å². The Morgan fingerprint density at radius 3 is 2.88 bits per heavy atom. The first-order chi connectivity index (χ1) is 11.6. The van der Waals surface area contributed by atoms with Gasteiger partial charge in [0.25, 0.3) is 5.91 Å². The van der Waals surface area contributed by atoms with Crippen LogP contribution in [0.1, 0.15) is 41.1 Å². The van der Waals surface area contributed by atoms with Gasteiger partial charge in [-0.05, 0) is 48.7 Å². The first-order valence-electron chi connectivity index (χ1n) is 8.25. The van der Waals surface area contributed by atoms with Crippen molar-refractivity contribution in [2.45, 2.75) is 37.3 Å². The van der Waals surface area contributed by atoms with Gasteiger partial charge in [0, 0.05) is 22.7 Å². The van der Waals surface area contributed by atoms with E-state index in [1.165, 1.54) is 17.7 Å². The van der Waals surface area contributed by atoms with E-state index in [2.05, 4.69) is 10.6 Å². The number of benzene rings is 2. The van der Waals surface area contributed by atoms with Gasteiger partial charge in [0.1, 0.15) is 5.82 Å². The van der Waals surface area contributed by atoms with Gasteiger partial charge in [-0.2, -0.15) is 0 Å². The third-order valence-electron chi connectivity index (χ3n) is 5.07. The molecule has 124 valence electrons. The number of fused-ring (bicyclic) bond motifs is 3. The molecular formula is C19H18ClFN2O. The minimum absolute atomic E-state index is 0.0259. The average Bonchev–Trinajstić information content (AvgIpc) is 2.94. The van der Waals surface area contributed by atoms with E-state index >= 15 is 0 Å². The monoisotopic (exact) mass is 344 g/mol. The molecule has 0 radical (unpaired) electrons. The van der Waals surface area contributed by atoms with Gasteiger partial charge in [-0.1, -0.05) is 30.2 Å². The predicted octanol–water partition coefficient (Wildman–Crippen LogP) is 4.34. The van der Waals surface area contributed by atoms with Crippen molar-refractivity contribution in [1.82, 2.24) is 5.32 Å². The predicted molar refractivity (Wildman–Crippen MR) is 93.1 cm³/mol. The lowest BCUT2D eigenvalue weighted by Crippen LogP contribution is -2.49. The lowest BCUT2D eigenvalue weighted by atomic mass is 9.79. The van der Waals surface area contributed by atoms with Crippen molar-refractivity contribution >= 4 is 23.2 Å². The van der Waals surface area contributed by atoms with Crippen molar-refractivity contribution in [3.63, 3.8) is 0 Å². The van der Waals surface area contributed by atoms with Crippen LogP contribution in [0.3, 0.4) is 0 Å². The van der Waals surface area contributed by atoms with Crippen molar-refractivity contribution in [3.05, 3.63) is 64.4 Å². The Balaban J connectivity index is 1.55. The summed E-state index contributed by atoms with van der Waals surface area (Å²) in [5, 5.41) is 7.27. The molecule has 5 heteroatoms. The maximum atomic E-state index is 13.8. The van der Waals surface area contributed by atoms with Gasteiger partial charge in [-0.15, -0.1) is 0 Å². The number of hydrogen-bond acceptors (Lipinski definition) is 2. The molecule has 24 heavy (non-hydrogen) atoms. The Morgan fingerprint density at radius 2 is 2.04 bits per heavy atom. The van der Waals surface area contributed by atoms with Crippen LogP contribution >= 0.6 is 11.6 Å². The molecule has 3 atom stereocenters. The molecule has 1 aliphatic heterocycles. The Kier molecular flexibility index (Phi) is 3.93. The Hall–Kier alpha value is -2.07. The molecule has 2 aromatic carbocycles. The zero-order chi connectivity index (χ0) is 16.7. The fourth-order valence-electron chi connectivity index (χ4n) is 3.95. The second kappa shape index (κ2) is 6.10. The number of halogens is 2. The van der Waals surface area contributed by atoms with Gasteiger partial charge < -0.3 is 10.6 Å². The van der Waals surface area contributed by atoms with Crippen LogP contribution in [0.5, 0.6) is 0 Å². The van der Waals surface area contributed by atoms with E-state index in [0.717, 1.165) is 30.0 Å². The standard InChI is InChI=1S/C19H18ClFN2O/c20-11-8-9-16-14(10-11)12-5-3-7-17(18(12)22-16)23-19(24)13-4-1-2-6-15(13)21/h1-2,4,6,8-10,12,17-18,22H,3,5,7H2,(H,23,24)/t12?,17-,18?/m1/s1. The highest BCUT2D eigenvalue weighted by atomic mass is 35.5. The van der Waals surface area contributed by atoms with E-state index in [1.54, 1.807) is 12.1 Å².